The van der Waals surface area contributed by atoms with Gasteiger partial charge in [0.05, 0.1) is 0 Å². The molecule has 0 fully saturated rings. The van der Waals surface area contributed by atoms with Gasteiger partial charge < -0.3 is 10.2 Å². The summed E-state index contributed by atoms with van der Waals surface area (Å²) in [4.78, 5) is 25.1. The molecule has 7 nitrogen and oxygen atoms in total. The highest BCUT2D eigenvalue weighted by Crippen LogP contribution is 1.96. The lowest BCUT2D eigenvalue weighted by molar-refractivity contribution is -0.757. The largest absolute Gasteiger partial charge is 0.350 e. The number of amides is 1. The molecule has 0 unspecified atom stereocenters. The van der Waals surface area contributed by atoms with Crippen LogP contribution in [-0.2, 0) is 4.84 Å². The van der Waals surface area contributed by atoms with Crippen LogP contribution in [0.3, 0.4) is 0 Å². The van der Waals surface area contributed by atoms with Crippen molar-refractivity contribution in [3.63, 3.8) is 0 Å². The van der Waals surface area contributed by atoms with E-state index in [0.29, 0.717) is 5.56 Å². The maximum absolute atomic E-state index is 11.3. The first kappa shape index (κ1) is 10.9. The predicted molar refractivity (Wildman–Crippen MR) is 48.4 cm³/mol. The third-order valence-electron chi connectivity index (χ3n) is 1.47. The molecule has 0 saturated heterocycles. The molecule has 1 aromatic rings. The molecule has 0 aliphatic heterocycles. The molecule has 0 saturated carbocycles. The second-order valence-corrected chi connectivity index (χ2v) is 2.52. The Morgan fingerprint density at radius 3 is 3.07 bits per heavy atom. The number of nitrogens with one attached hydrogen (secondary N) is 1. The molecule has 0 aliphatic carbocycles. The van der Waals surface area contributed by atoms with Gasteiger partial charge in [-0.3, -0.25) is 4.79 Å². The van der Waals surface area contributed by atoms with Crippen molar-refractivity contribution >= 4 is 5.91 Å². The van der Waals surface area contributed by atoms with Crippen LogP contribution in [0.2, 0.25) is 0 Å². The summed E-state index contributed by atoms with van der Waals surface area (Å²) in [5.41, 5.74) is 0.346. The van der Waals surface area contributed by atoms with Crippen LogP contribution in [0, 0.1) is 10.1 Å². The number of carbonyl (C=O) groups is 1. The number of rotatable bonds is 5. The lowest BCUT2D eigenvalue weighted by Gasteiger charge is -2.01. The van der Waals surface area contributed by atoms with Gasteiger partial charge in [-0.1, -0.05) is 0 Å². The van der Waals surface area contributed by atoms with Crippen LogP contribution in [0.4, 0.5) is 0 Å². The fourth-order valence-electron chi connectivity index (χ4n) is 0.856. The molecule has 7 heteroatoms. The molecule has 80 valence electrons. The average Bonchev–Trinajstić information content (AvgIpc) is 2.25. The molecule has 1 amide bonds. The van der Waals surface area contributed by atoms with Gasteiger partial charge in [0.1, 0.15) is 12.2 Å². The van der Waals surface area contributed by atoms with Crippen LogP contribution in [0.5, 0.6) is 0 Å². The Kier molecular flexibility index (Phi) is 4.02. The quantitative estimate of drug-likeness (QED) is 0.332. The smallest absolute Gasteiger partial charge is 0.330 e. The first-order valence-corrected chi connectivity index (χ1v) is 4.11. The Morgan fingerprint density at radius 2 is 2.47 bits per heavy atom. The van der Waals surface area contributed by atoms with Crippen molar-refractivity contribution in [3.05, 3.63) is 40.3 Å². The van der Waals surface area contributed by atoms with E-state index in [1.807, 2.05) is 0 Å². The highest BCUT2D eigenvalue weighted by atomic mass is 16.9. The van der Waals surface area contributed by atoms with Gasteiger partial charge in [0.15, 0.2) is 0 Å². The molecule has 15 heavy (non-hydrogen) atoms. The van der Waals surface area contributed by atoms with Crippen LogP contribution in [0.1, 0.15) is 10.4 Å². The first-order valence-electron chi connectivity index (χ1n) is 4.11. The third-order valence-corrected chi connectivity index (χ3v) is 1.47. The lowest BCUT2D eigenvalue weighted by atomic mass is 10.3. The fourth-order valence-corrected chi connectivity index (χ4v) is 0.856. The molecule has 0 aromatic carbocycles. The van der Waals surface area contributed by atoms with Crippen molar-refractivity contribution in [3.8, 4) is 0 Å². The van der Waals surface area contributed by atoms with Crippen LogP contribution in [-0.4, -0.2) is 24.1 Å². The minimum Gasteiger partial charge on any atom is -0.350 e. The van der Waals surface area contributed by atoms with E-state index in [4.69, 9.17) is 4.42 Å². The zero-order chi connectivity index (χ0) is 11.1. The Hall–Kier alpha value is -2.18. The van der Waals surface area contributed by atoms with Gasteiger partial charge in [-0.25, -0.2) is 4.42 Å². The zero-order valence-corrected chi connectivity index (χ0v) is 7.71. The van der Waals surface area contributed by atoms with Gasteiger partial charge in [0.25, 0.3) is 11.0 Å². The summed E-state index contributed by atoms with van der Waals surface area (Å²) < 4.78 is 4.77. The second kappa shape index (κ2) is 5.53. The number of nitrogens with zero attached hydrogens (tertiary/aromatic N) is 1. The Labute approximate surface area is 84.8 Å². The van der Waals surface area contributed by atoms with Gasteiger partial charge in [-0.2, -0.15) is 0 Å². The number of carbonyl (C=O) groups excluding carboxylic acids is 1. The fraction of sp³-hybridized carbons (Fsp3) is 0.250. The van der Waals surface area contributed by atoms with E-state index in [1.165, 1.54) is 12.5 Å². The summed E-state index contributed by atoms with van der Waals surface area (Å²) >= 11 is 0. The Bertz CT molecular complexity index is 340. The van der Waals surface area contributed by atoms with Crippen molar-refractivity contribution in [2.75, 3.05) is 13.2 Å². The number of hydrogen-bond donors (Lipinski definition) is 1. The van der Waals surface area contributed by atoms with Crippen molar-refractivity contribution in [2.24, 2.45) is 0 Å². The molecule has 0 bridgehead atoms. The third kappa shape index (κ3) is 4.03. The minimum absolute atomic E-state index is 0.0642. The van der Waals surface area contributed by atoms with Crippen molar-refractivity contribution in [1.82, 2.24) is 5.32 Å². The van der Waals surface area contributed by atoms with E-state index >= 15 is 0 Å². The summed E-state index contributed by atoms with van der Waals surface area (Å²) in [5, 5.41) is 11.3. The van der Waals surface area contributed by atoms with Gasteiger partial charge >= 0.3 is 12.5 Å². The molecule has 1 heterocycles. The summed E-state index contributed by atoms with van der Waals surface area (Å²) in [5.74, 6) is -0.369. The summed E-state index contributed by atoms with van der Waals surface area (Å²) in [6, 6.07) is 3.13. The molecule has 1 rings (SSSR count). The van der Waals surface area contributed by atoms with Crippen LogP contribution >= 0.6 is 0 Å². The summed E-state index contributed by atoms with van der Waals surface area (Å²) in [7, 11) is 0. The topological polar surface area (TPSA) is 92.8 Å². The van der Waals surface area contributed by atoms with Crippen LogP contribution in [0.25, 0.3) is 0 Å². The zero-order valence-electron chi connectivity index (χ0n) is 7.71. The lowest BCUT2D eigenvalue weighted by Crippen LogP contribution is -2.27. The van der Waals surface area contributed by atoms with Crippen molar-refractivity contribution in [1.29, 1.82) is 0 Å². The molecule has 0 aliphatic rings. The molecule has 1 aromatic heterocycles. The molecule has 0 atom stereocenters. The van der Waals surface area contributed by atoms with E-state index in [9.17, 15) is 14.9 Å². The summed E-state index contributed by atoms with van der Waals surface area (Å²) in [6.45, 7) is -0.114. The monoisotopic (exact) mass is 213 g/mol. The average molecular weight is 213 g/mol. The highest BCUT2D eigenvalue weighted by molar-refractivity contribution is 5.93. The minimum atomic E-state index is -0.913. The van der Waals surface area contributed by atoms with Gasteiger partial charge in [0, 0.05) is 12.6 Å². The van der Waals surface area contributed by atoms with Crippen molar-refractivity contribution < 1.29 is 19.1 Å². The van der Waals surface area contributed by atoms with Gasteiger partial charge in [-0.05, 0) is 6.07 Å². The van der Waals surface area contributed by atoms with Gasteiger partial charge in [-0.15, -0.1) is 10.1 Å². The molecule has 0 spiro atoms. The normalized spacial score (nSPS) is 9.33. The Morgan fingerprint density at radius 1 is 1.67 bits per heavy atom. The van der Waals surface area contributed by atoms with Crippen molar-refractivity contribution in [2.45, 2.75) is 0 Å². The van der Waals surface area contributed by atoms with Crippen LogP contribution < -0.4 is 5.32 Å². The SMILES string of the molecule is O=C(NCCO[N+](=O)[O-])c1ccc[o+]c1. The maximum Gasteiger partial charge on any atom is 0.330 e. The molecule has 0 radical (unpaired) electrons. The Balaban J connectivity index is 2.28. The molecular formula is C8H9N2O5+. The summed E-state index contributed by atoms with van der Waals surface area (Å²) in [6.07, 6.45) is 2.70. The van der Waals surface area contributed by atoms with Crippen LogP contribution in [0.15, 0.2) is 29.1 Å². The second-order valence-electron chi connectivity index (χ2n) is 2.52. The maximum atomic E-state index is 11.3. The first-order chi connectivity index (χ1) is 7.20. The van der Waals surface area contributed by atoms with Gasteiger partial charge in [0.2, 0.25) is 0 Å². The molecular weight excluding hydrogens is 204 g/mol. The van der Waals surface area contributed by atoms with E-state index in [2.05, 4.69) is 10.2 Å². The number of hydrogen-bond acceptors (Lipinski definition) is 4. The van der Waals surface area contributed by atoms with E-state index in [0.717, 1.165) is 0 Å². The molecule has 1 N–H and O–H groups in total. The predicted octanol–water partition coefficient (Wildman–Crippen LogP) is 0.499. The highest BCUT2D eigenvalue weighted by Gasteiger charge is 2.08. The standard InChI is InChI=1S/C8H8N2O5/c11-8(7-2-1-4-14-6-7)9-3-5-15-10(12)13/h1-2,4,6H,3,5H2/p+1. The van der Waals surface area contributed by atoms with E-state index < -0.39 is 5.09 Å². The van der Waals surface area contributed by atoms with E-state index in [-0.39, 0.29) is 19.1 Å². The van der Waals surface area contributed by atoms with E-state index in [1.54, 1.807) is 12.1 Å².